The minimum Gasteiger partial charge on any atom is -0.497 e. The van der Waals surface area contributed by atoms with Crippen LogP contribution in [0.5, 0.6) is 11.5 Å². The average molecular weight is 323 g/mol. The Balaban J connectivity index is 1.64. The summed E-state index contributed by atoms with van der Waals surface area (Å²) in [7, 11) is 1.64. The average Bonchev–Trinajstić information content (AvgIpc) is 3.07. The number of hydrogen-bond donors (Lipinski definition) is 0. The molecule has 0 unspecified atom stereocenters. The van der Waals surface area contributed by atoms with Gasteiger partial charge in [-0.25, -0.2) is 4.68 Å². The molecule has 0 N–H and O–H groups in total. The van der Waals surface area contributed by atoms with Crippen molar-refractivity contribution in [2.45, 2.75) is 13.2 Å². The zero-order valence-corrected chi connectivity index (χ0v) is 13.3. The first kappa shape index (κ1) is 15.7. The van der Waals surface area contributed by atoms with Crippen molar-refractivity contribution < 1.29 is 14.3 Å². The van der Waals surface area contributed by atoms with E-state index in [2.05, 4.69) is 10.3 Å². The number of carbonyl (C=O) groups excluding carboxylic acids is 1. The van der Waals surface area contributed by atoms with E-state index >= 15 is 0 Å². The van der Waals surface area contributed by atoms with E-state index in [1.807, 2.05) is 36.5 Å². The van der Waals surface area contributed by atoms with Crippen molar-refractivity contribution in [3.05, 3.63) is 71.5 Å². The standard InChI is InChI=1S/C18H17N3O3/c1-23-17-7-4-5-14(9-17)10-21-11-16(19-20-21)13-24-18-8-3-2-6-15(18)12-22/h2-9,11-12H,10,13H2,1H3. The van der Waals surface area contributed by atoms with Crippen LogP contribution in [-0.2, 0) is 13.2 Å². The van der Waals surface area contributed by atoms with E-state index < -0.39 is 0 Å². The molecule has 0 aliphatic heterocycles. The second-order valence-electron chi connectivity index (χ2n) is 5.20. The molecule has 0 amide bonds. The third-order valence-electron chi connectivity index (χ3n) is 3.49. The van der Waals surface area contributed by atoms with Crippen LogP contribution < -0.4 is 9.47 Å². The van der Waals surface area contributed by atoms with E-state index in [1.165, 1.54) is 0 Å². The van der Waals surface area contributed by atoms with Crippen LogP contribution >= 0.6 is 0 Å². The molecule has 24 heavy (non-hydrogen) atoms. The predicted molar refractivity (Wildman–Crippen MR) is 88.3 cm³/mol. The molecule has 122 valence electrons. The molecule has 0 saturated carbocycles. The molecule has 0 saturated heterocycles. The molecule has 3 rings (SSSR count). The van der Waals surface area contributed by atoms with Gasteiger partial charge in [0.2, 0.25) is 0 Å². The predicted octanol–water partition coefficient (Wildman–Crippen LogP) is 2.73. The quantitative estimate of drug-likeness (QED) is 0.626. The fourth-order valence-electron chi connectivity index (χ4n) is 2.30. The van der Waals surface area contributed by atoms with E-state index in [1.54, 1.807) is 30.0 Å². The number of aldehydes is 1. The van der Waals surface area contributed by atoms with Crippen LogP contribution in [-0.4, -0.2) is 28.4 Å². The molecule has 2 aromatic carbocycles. The molecule has 0 fully saturated rings. The zero-order chi connectivity index (χ0) is 16.8. The van der Waals surface area contributed by atoms with Gasteiger partial charge in [0, 0.05) is 0 Å². The summed E-state index contributed by atoms with van der Waals surface area (Å²) in [6, 6.07) is 14.9. The Morgan fingerprint density at radius 3 is 2.88 bits per heavy atom. The van der Waals surface area contributed by atoms with E-state index in [4.69, 9.17) is 9.47 Å². The van der Waals surface area contributed by atoms with E-state index in [0.29, 0.717) is 23.6 Å². The number of methoxy groups -OCH3 is 1. The van der Waals surface area contributed by atoms with Crippen LogP contribution in [0, 0.1) is 0 Å². The smallest absolute Gasteiger partial charge is 0.153 e. The molecule has 0 bridgehead atoms. The van der Waals surface area contributed by atoms with Gasteiger partial charge in [0.05, 0.1) is 25.4 Å². The summed E-state index contributed by atoms with van der Waals surface area (Å²) in [6.45, 7) is 0.845. The molecule has 6 heteroatoms. The number of benzene rings is 2. The Bertz CT molecular complexity index is 830. The lowest BCUT2D eigenvalue weighted by Crippen LogP contribution is -2.00. The lowest BCUT2D eigenvalue weighted by Gasteiger charge is -2.06. The van der Waals surface area contributed by atoms with Gasteiger partial charge in [-0.2, -0.15) is 0 Å². The number of carbonyl (C=O) groups is 1. The molecule has 0 spiro atoms. The molecular weight excluding hydrogens is 306 g/mol. The summed E-state index contributed by atoms with van der Waals surface area (Å²) in [5.41, 5.74) is 2.28. The first-order valence-electron chi connectivity index (χ1n) is 7.47. The van der Waals surface area contributed by atoms with Crippen molar-refractivity contribution >= 4 is 6.29 Å². The van der Waals surface area contributed by atoms with Gasteiger partial charge >= 0.3 is 0 Å². The summed E-state index contributed by atoms with van der Waals surface area (Å²) >= 11 is 0. The van der Waals surface area contributed by atoms with Crippen LogP contribution in [0.2, 0.25) is 0 Å². The number of hydrogen-bond acceptors (Lipinski definition) is 5. The van der Waals surface area contributed by atoms with Gasteiger partial charge in [0.15, 0.2) is 6.29 Å². The van der Waals surface area contributed by atoms with Crippen molar-refractivity contribution in [2.24, 2.45) is 0 Å². The largest absolute Gasteiger partial charge is 0.497 e. The minimum absolute atomic E-state index is 0.253. The van der Waals surface area contributed by atoms with Gasteiger partial charge in [-0.15, -0.1) is 5.10 Å². The molecule has 0 aliphatic carbocycles. The Hall–Kier alpha value is -3.15. The summed E-state index contributed by atoms with van der Waals surface area (Å²) < 4.78 is 12.6. The fraction of sp³-hybridized carbons (Fsp3) is 0.167. The lowest BCUT2D eigenvalue weighted by atomic mass is 10.2. The monoisotopic (exact) mass is 323 g/mol. The van der Waals surface area contributed by atoms with Crippen LogP contribution in [0.4, 0.5) is 0 Å². The van der Waals surface area contributed by atoms with Gasteiger partial charge in [0.1, 0.15) is 23.8 Å². The summed E-state index contributed by atoms with van der Waals surface area (Å²) in [5, 5.41) is 8.19. The molecular formula is C18H17N3O3. The highest BCUT2D eigenvalue weighted by atomic mass is 16.5. The highest BCUT2D eigenvalue weighted by molar-refractivity contribution is 5.79. The lowest BCUT2D eigenvalue weighted by molar-refractivity contribution is 0.111. The highest BCUT2D eigenvalue weighted by Crippen LogP contribution is 2.17. The van der Waals surface area contributed by atoms with Crippen LogP contribution in [0.15, 0.2) is 54.7 Å². The molecule has 0 aliphatic rings. The third kappa shape index (κ3) is 3.78. The maximum atomic E-state index is 11.0. The van der Waals surface area contributed by atoms with E-state index in [9.17, 15) is 4.79 Å². The first-order valence-corrected chi connectivity index (χ1v) is 7.47. The van der Waals surface area contributed by atoms with Gasteiger partial charge in [-0.3, -0.25) is 4.79 Å². The third-order valence-corrected chi connectivity index (χ3v) is 3.49. The van der Waals surface area contributed by atoms with Gasteiger partial charge in [-0.1, -0.05) is 29.5 Å². The summed E-state index contributed by atoms with van der Waals surface area (Å²) in [5.74, 6) is 1.34. The second-order valence-corrected chi connectivity index (χ2v) is 5.20. The van der Waals surface area contributed by atoms with E-state index in [-0.39, 0.29) is 6.61 Å². The fourth-order valence-corrected chi connectivity index (χ4v) is 2.30. The molecule has 6 nitrogen and oxygen atoms in total. The summed E-state index contributed by atoms with van der Waals surface area (Å²) in [6.07, 6.45) is 2.60. The minimum atomic E-state index is 0.253. The normalized spacial score (nSPS) is 10.4. The van der Waals surface area contributed by atoms with Crippen LogP contribution in [0.3, 0.4) is 0 Å². The number of nitrogens with zero attached hydrogens (tertiary/aromatic N) is 3. The van der Waals surface area contributed by atoms with Crippen molar-refractivity contribution in [1.82, 2.24) is 15.0 Å². The maximum absolute atomic E-state index is 11.0. The first-order chi connectivity index (χ1) is 11.8. The van der Waals surface area contributed by atoms with Crippen LogP contribution in [0.25, 0.3) is 0 Å². The van der Waals surface area contributed by atoms with Gasteiger partial charge in [0.25, 0.3) is 0 Å². The Morgan fingerprint density at radius 1 is 1.17 bits per heavy atom. The molecule has 1 heterocycles. The topological polar surface area (TPSA) is 66.2 Å². The zero-order valence-electron chi connectivity index (χ0n) is 13.3. The van der Waals surface area contributed by atoms with Crippen LogP contribution in [0.1, 0.15) is 21.6 Å². The molecule has 0 radical (unpaired) electrons. The number of rotatable bonds is 7. The molecule has 1 aromatic heterocycles. The molecule has 0 atom stereocenters. The van der Waals surface area contributed by atoms with Crippen molar-refractivity contribution in [3.8, 4) is 11.5 Å². The van der Waals surface area contributed by atoms with Crippen molar-refractivity contribution in [2.75, 3.05) is 7.11 Å². The Labute approximate surface area is 139 Å². The number of ether oxygens (including phenoxy) is 2. The number of aromatic nitrogens is 3. The van der Waals surface area contributed by atoms with E-state index in [0.717, 1.165) is 17.6 Å². The Kier molecular flexibility index (Phi) is 4.86. The SMILES string of the molecule is COc1cccc(Cn2cc(COc3ccccc3C=O)nn2)c1. The van der Waals surface area contributed by atoms with Crippen molar-refractivity contribution in [1.29, 1.82) is 0 Å². The van der Waals surface area contributed by atoms with Crippen molar-refractivity contribution in [3.63, 3.8) is 0 Å². The maximum Gasteiger partial charge on any atom is 0.153 e. The molecule has 3 aromatic rings. The van der Waals surface area contributed by atoms with Gasteiger partial charge < -0.3 is 9.47 Å². The Morgan fingerprint density at radius 2 is 2.04 bits per heavy atom. The highest BCUT2D eigenvalue weighted by Gasteiger charge is 2.06. The van der Waals surface area contributed by atoms with Gasteiger partial charge in [-0.05, 0) is 29.8 Å². The number of para-hydroxylation sites is 1. The second kappa shape index (κ2) is 7.41. The summed E-state index contributed by atoms with van der Waals surface area (Å²) in [4.78, 5) is 11.0.